The molecule has 1 aliphatic rings. The zero-order chi connectivity index (χ0) is 11.4. The van der Waals surface area contributed by atoms with Crippen LogP contribution in [0.15, 0.2) is 12.3 Å². The quantitative estimate of drug-likeness (QED) is 0.780. The van der Waals surface area contributed by atoms with Crippen LogP contribution in [-0.4, -0.2) is 47.3 Å². The van der Waals surface area contributed by atoms with Crippen molar-refractivity contribution in [1.29, 1.82) is 0 Å². The van der Waals surface area contributed by atoms with Crippen molar-refractivity contribution in [2.24, 2.45) is 0 Å². The fourth-order valence-corrected chi connectivity index (χ4v) is 1.87. The average molecular weight is 224 g/mol. The van der Waals surface area contributed by atoms with E-state index >= 15 is 0 Å². The van der Waals surface area contributed by atoms with Gasteiger partial charge in [0.25, 0.3) is 0 Å². The third-order valence-corrected chi connectivity index (χ3v) is 2.65. The second kappa shape index (κ2) is 5.14. The molecule has 2 heterocycles. The third-order valence-electron chi connectivity index (χ3n) is 2.65. The highest BCUT2D eigenvalue weighted by Crippen LogP contribution is 2.09. The Labute approximate surface area is 94.0 Å². The zero-order valence-electron chi connectivity index (χ0n) is 9.11. The molecule has 1 aromatic rings. The molecule has 1 fully saturated rings. The van der Waals surface area contributed by atoms with Gasteiger partial charge in [-0.05, 0) is 11.6 Å². The van der Waals surface area contributed by atoms with Gasteiger partial charge in [-0.3, -0.25) is 9.69 Å². The Hall–Kier alpha value is -1.33. The lowest BCUT2D eigenvalue weighted by Gasteiger charge is -2.25. The molecular formula is C11H16N2O3. The van der Waals surface area contributed by atoms with Crippen LogP contribution < -0.4 is 0 Å². The minimum absolute atomic E-state index is 0.0586. The molecule has 88 valence electrons. The molecule has 0 radical (unpaired) electrons. The van der Waals surface area contributed by atoms with E-state index in [9.17, 15) is 4.79 Å². The number of ether oxygens (including phenoxy) is 1. The summed E-state index contributed by atoms with van der Waals surface area (Å²) < 4.78 is 5.27. The number of morpholine rings is 1. The van der Waals surface area contributed by atoms with Gasteiger partial charge in [0.2, 0.25) is 0 Å². The maximum absolute atomic E-state index is 10.5. The van der Waals surface area contributed by atoms with Crippen molar-refractivity contribution in [3.63, 3.8) is 0 Å². The van der Waals surface area contributed by atoms with E-state index in [1.54, 1.807) is 0 Å². The monoisotopic (exact) mass is 224 g/mol. The average Bonchev–Trinajstić information content (AvgIpc) is 2.66. The summed E-state index contributed by atoms with van der Waals surface area (Å²) >= 11 is 0. The Balaban J connectivity index is 1.88. The van der Waals surface area contributed by atoms with E-state index in [1.165, 1.54) is 0 Å². The highest BCUT2D eigenvalue weighted by molar-refractivity contribution is 5.69. The van der Waals surface area contributed by atoms with E-state index in [0.717, 1.165) is 44.1 Å². The standard InChI is InChI=1S/C11H16N2O3/c14-11(15)6-10-5-9(7-12-10)8-13-1-3-16-4-2-13/h5,7,12H,1-4,6,8H2,(H,14,15). The summed E-state index contributed by atoms with van der Waals surface area (Å²) in [5.41, 5.74) is 1.90. The van der Waals surface area contributed by atoms with Crippen molar-refractivity contribution in [3.05, 3.63) is 23.5 Å². The van der Waals surface area contributed by atoms with E-state index in [-0.39, 0.29) is 6.42 Å². The number of nitrogens with one attached hydrogen (secondary N) is 1. The molecule has 5 heteroatoms. The van der Waals surface area contributed by atoms with Gasteiger partial charge in [-0.2, -0.15) is 0 Å². The third kappa shape index (κ3) is 3.08. The van der Waals surface area contributed by atoms with Crippen molar-refractivity contribution in [1.82, 2.24) is 9.88 Å². The van der Waals surface area contributed by atoms with Crippen LogP contribution in [-0.2, 0) is 22.5 Å². The highest BCUT2D eigenvalue weighted by Gasteiger charge is 2.11. The maximum Gasteiger partial charge on any atom is 0.309 e. The number of aliphatic carboxylic acids is 1. The number of carboxylic acids is 1. The summed E-state index contributed by atoms with van der Waals surface area (Å²) in [6.07, 6.45) is 1.94. The number of nitrogens with zero attached hydrogens (tertiary/aromatic N) is 1. The number of hydrogen-bond acceptors (Lipinski definition) is 3. The van der Waals surface area contributed by atoms with E-state index in [1.807, 2.05) is 12.3 Å². The molecule has 0 amide bonds. The van der Waals surface area contributed by atoms with E-state index < -0.39 is 5.97 Å². The molecular weight excluding hydrogens is 208 g/mol. The summed E-state index contributed by atoms with van der Waals surface area (Å²) in [6, 6.07) is 1.92. The summed E-state index contributed by atoms with van der Waals surface area (Å²) in [5, 5.41) is 8.65. The van der Waals surface area contributed by atoms with Gasteiger partial charge < -0.3 is 14.8 Å². The number of rotatable bonds is 4. The first kappa shape index (κ1) is 11.2. The predicted molar refractivity (Wildman–Crippen MR) is 58.2 cm³/mol. The maximum atomic E-state index is 10.5. The van der Waals surface area contributed by atoms with Gasteiger partial charge in [0.15, 0.2) is 0 Å². The normalized spacial score (nSPS) is 17.5. The molecule has 0 saturated carbocycles. The molecule has 0 spiro atoms. The summed E-state index contributed by atoms with van der Waals surface area (Å²) in [6.45, 7) is 4.32. The highest BCUT2D eigenvalue weighted by atomic mass is 16.5. The Morgan fingerprint density at radius 2 is 2.25 bits per heavy atom. The number of aromatic nitrogens is 1. The molecule has 0 aliphatic carbocycles. The van der Waals surface area contributed by atoms with Gasteiger partial charge in [0.05, 0.1) is 19.6 Å². The van der Waals surface area contributed by atoms with Gasteiger partial charge >= 0.3 is 5.97 Å². The largest absolute Gasteiger partial charge is 0.481 e. The van der Waals surface area contributed by atoms with Gasteiger partial charge in [0.1, 0.15) is 0 Å². The first-order chi connectivity index (χ1) is 7.74. The van der Waals surface area contributed by atoms with Crippen molar-refractivity contribution in [2.75, 3.05) is 26.3 Å². The summed E-state index contributed by atoms with van der Waals surface area (Å²) in [4.78, 5) is 15.8. The molecule has 16 heavy (non-hydrogen) atoms. The number of carbonyl (C=O) groups is 1. The van der Waals surface area contributed by atoms with Crippen LogP contribution in [0.2, 0.25) is 0 Å². The first-order valence-electron chi connectivity index (χ1n) is 5.42. The van der Waals surface area contributed by atoms with E-state index in [2.05, 4.69) is 9.88 Å². The van der Waals surface area contributed by atoms with E-state index in [4.69, 9.17) is 9.84 Å². The zero-order valence-corrected chi connectivity index (χ0v) is 9.11. The van der Waals surface area contributed by atoms with Crippen LogP contribution in [0.5, 0.6) is 0 Å². The minimum Gasteiger partial charge on any atom is -0.481 e. The summed E-state index contributed by atoms with van der Waals surface area (Å²) in [7, 11) is 0. The minimum atomic E-state index is -0.806. The van der Waals surface area contributed by atoms with Crippen molar-refractivity contribution in [3.8, 4) is 0 Å². The molecule has 0 unspecified atom stereocenters. The van der Waals surface area contributed by atoms with Gasteiger partial charge in [0, 0.05) is 31.5 Å². The number of H-pyrrole nitrogens is 1. The number of hydrogen-bond donors (Lipinski definition) is 2. The van der Waals surface area contributed by atoms with Gasteiger partial charge in [-0.15, -0.1) is 0 Å². The second-order valence-corrected chi connectivity index (χ2v) is 3.99. The predicted octanol–water partition coefficient (Wildman–Crippen LogP) is 0.474. The Bertz CT molecular complexity index is 356. The van der Waals surface area contributed by atoms with Crippen LogP contribution in [0.1, 0.15) is 11.3 Å². The van der Waals surface area contributed by atoms with E-state index in [0.29, 0.717) is 0 Å². The molecule has 2 rings (SSSR count). The molecule has 0 atom stereocenters. The lowest BCUT2D eigenvalue weighted by atomic mass is 10.2. The second-order valence-electron chi connectivity index (χ2n) is 3.99. The van der Waals surface area contributed by atoms with Crippen molar-refractivity contribution < 1.29 is 14.6 Å². The number of carboxylic acid groups (broad SMARTS) is 1. The van der Waals surface area contributed by atoms with Crippen molar-refractivity contribution in [2.45, 2.75) is 13.0 Å². The van der Waals surface area contributed by atoms with Crippen LogP contribution >= 0.6 is 0 Å². The van der Waals surface area contributed by atoms with Gasteiger partial charge in [-0.1, -0.05) is 0 Å². The molecule has 1 aliphatic heterocycles. The lowest BCUT2D eigenvalue weighted by molar-refractivity contribution is -0.136. The topological polar surface area (TPSA) is 65.6 Å². The molecule has 0 aromatic carbocycles. The van der Waals surface area contributed by atoms with Crippen LogP contribution in [0.3, 0.4) is 0 Å². The first-order valence-corrected chi connectivity index (χ1v) is 5.42. The SMILES string of the molecule is O=C(O)Cc1cc(CN2CCOCC2)c[nH]1. The Morgan fingerprint density at radius 1 is 1.50 bits per heavy atom. The summed E-state index contributed by atoms with van der Waals surface area (Å²) in [5.74, 6) is -0.806. The molecule has 2 N–H and O–H groups in total. The van der Waals surface area contributed by atoms with Crippen molar-refractivity contribution >= 4 is 5.97 Å². The fourth-order valence-electron chi connectivity index (χ4n) is 1.87. The molecule has 0 bridgehead atoms. The van der Waals surface area contributed by atoms with Crippen LogP contribution in [0.4, 0.5) is 0 Å². The molecule has 1 saturated heterocycles. The van der Waals surface area contributed by atoms with Crippen LogP contribution in [0, 0.1) is 0 Å². The number of aromatic amines is 1. The molecule has 1 aromatic heterocycles. The lowest BCUT2D eigenvalue weighted by Crippen LogP contribution is -2.35. The van der Waals surface area contributed by atoms with Crippen LogP contribution in [0.25, 0.3) is 0 Å². The Kier molecular flexibility index (Phi) is 3.58. The Morgan fingerprint density at radius 3 is 2.94 bits per heavy atom. The smallest absolute Gasteiger partial charge is 0.309 e. The van der Waals surface area contributed by atoms with Gasteiger partial charge in [-0.25, -0.2) is 0 Å². The fraction of sp³-hybridized carbons (Fsp3) is 0.545. The molecule has 5 nitrogen and oxygen atoms in total.